The second-order valence-electron chi connectivity index (χ2n) is 3.01. The second-order valence-corrected chi connectivity index (χ2v) is 3.01. The minimum atomic E-state index is -0.454. The molecule has 0 aromatic carbocycles. The van der Waals surface area contributed by atoms with Gasteiger partial charge in [-0.2, -0.15) is 0 Å². The van der Waals surface area contributed by atoms with Crippen LogP contribution in [0.1, 0.15) is 20.8 Å². The van der Waals surface area contributed by atoms with Crippen molar-refractivity contribution < 1.29 is 9.53 Å². The smallest absolute Gasteiger partial charge is 0.177 e. The molecule has 0 aliphatic heterocycles. The van der Waals surface area contributed by atoms with Crippen molar-refractivity contribution in [3.63, 3.8) is 0 Å². The molecule has 0 saturated carbocycles. The number of carbonyl (C=O) groups excluding carboxylic acids is 1. The van der Waals surface area contributed by atoms with Crippen LogP contribution in [-0.2, 0) is 9.53 Å². The summed E-state index contributed by atoms with van der Waals surface area (Å²) in [6.07, 6.45) is 0. The Labute approximate surface area is 68.1 Å². The molecule has 0 rings (SSSR count). The number of hydrogen-bond donors (Lipinski definition) is 1. The first-order valence-corrected chi connectivity index (χ1v) is 3.82. The molecule has 0 atom stereocenters. The van der Waals surface area contributed by atoms with Gasteiger partial charge in [-0.05, 0) is 20.4 Å². The summed E-state index contributed by atoms with van der Waals surface area (Å²) >= 11 is 0. The lowest BCUT2D eigenvalue weighted by atomic mass is 10.00. The maximum absolute atomic E-state index is 11.3. The van der Waals surface area contributed by atoms with Crippen LogP contribution in [0.15, 0.2) is 0 Å². The summed E-state index contributed by atoms with van der Waals surface area (Å²) in [6.45, 7) is 6.67. The summed E-state index contributed by atoms with van der Waals surface area (Å²) in [4.78, 5) is 11.3. The van der Waals surface area contributed by atoms with Crippen LogP contribution < -0.4 is 5.32 Å². The van der Waals surface area contributed by atoms with Gasteiger partial charge in [0.15, 0.2) is 5.78 Å². The molecule has 0 spiro atoms. The lowest BCUT2D eigenvalue weighted by Gasteiger charge is -2.23. The molecule has 0 unspecified atom stereocenters. The van der Waals surface area contributed by atoms with Gasteiger partial charge in [-0.3, -0.25) is 4.79 Å². The Kier molecular flexibility index (Phi) is 4.30. The minimum Gasteiger partial charge on any atom is -0.377 e. The van der Waals surface area contributed by atoms with Crippen molar-refractivity contribution in [2.24, 2.45) is 0 Å². The minimum absolute atomic E-state index is 0.0850. The van der Waals surface area contributed by atoms with Crippen LogP contribution >= 0.6 is 0 Å². The number of ether oxygens (including phenoxy) is 1. The molecule has 0 bridgehead atoms. The number of rotatable bonds is 5. The van der Waals surface area contributed by atoms with Crippen molar-refractivity contribution in [2.45, 2.75) is 26.3 Å². The number of nitrogens with one attached hydrogen (secondary N) is 1. The number of hydrogen-bond acceptors (Lipinski definition) is 3. The van der Waals surface area contributed by atoms with Gasteiger partial charge in [0, 0.05) is 7.11 Å². The molecule has 3 nitrogen and oxygen atoms in total. The largest absolute Gasteiger partial charge is 0.377 e. The van der Waals surface area contributed by atoms with Crippen molar-refractivity contribution >= 4 is 5.78 Å². The average molecular weight is 159 g/mol. The molecular formula is C8H17NO2. The Morgan fingerprint density at radius 1 is 1.55 bits per heavy atom. The van der Waals surface area contributed by atoms with Gasteiger partial charge in [-0.25, -0.2) is 0 Å². The van der Waals surface area contributed by atoms with E-state index >= 15 is 0 Å². The van der Waals surface area contributed by atoms with Gasteiger partial charge in [0.05, 0.1) is 5.54 Å². The molecule has 1 N–H and O–H groups in total. The Morgan fingerprint density at radius 3 is 2.45 bits per heavy atom. The van der Waals surface area contributed by atoms with Crippen LogP contribution in [0, 0.1) is 0 Å². The highest BCUT2D eigenvalue weighted by Gasteiger charge is 2.25. The quantitative estimate of drug-likeness (QED) is 0.638. The van der Waals surface area contributed by atoms with Crippen LogP contribution in [0.4, 0.5) is 0 Å². The second kappa shape index (κ2) is 4.46. The van der Waals surface area contributed by atoms with Crippen molar-refractivity contribution in [3.05, 3.63) is 0 Å². The van der Waals surface area contributed by atoms with E-state index in [1.54, 1.807) is 0 Å². The monoisotopic (exact) mass is 159 g/mol. The molecule has 0 amide bonds. The van der Waals surface area contributed by atoms with Crippen LogP contribution in [0.5, 0.6) is 0 Å². The summed E-state index contributed by atoms with van der Waals surface area (Å²) in [6, 6.07) is 0. The molecule has 0 aliphatic rings. The van der Waals surface area contributed by atoms with Crippen LogP contribution in [-0.4, -0.2) is 31.6 Å². The molecule has 0 heterocycles. The Balaban J connectivity index is 3.94. The molecule has 0 aromatic heterocycles. The predicted octanol–water partition coefficient (Wildman–Crippen LogP) is 0.590. The maximum Gasteiger partial charge on any atom is 0.177 e. The van der Waals surface area contributed by atoms with E-state index in [-0.39, 0.29) is 12.4 Å². The number of ketones is 1. The Hall–Kier alpha value is -0.410. The zero-order valence-electron chi connectivity index (χ0n) is 7.73. The molecule has 3 heteroatoms. The molecule has 0 radical (unpaired) electrons. The lowest BCUT2D eigenvalue weighted by molar-refractivity contribution is -0.127. The van der Waals surface area contributed by atoms with E-state index < -0.39 is 5.54 Å². The van der Waals surface area contributed by atoms with Crippen LogP contribution in [0.2, 0.25) is 0 Å². The van der Waals surface area contributed by atoms with Gasteiger partial charge in [0.1, 0.15) is 6.61 Å². The highest BCUT2D eigenvalue weighted by molar-refractivity contribution is 5.88. The average Bonchev–Trinajstić information content (AvgIpc) is 1.88. The van der Waals surface area contributed by atoms with E-state index in [1.165, 1.54) is 7.11 Å². The zero-order valence-corrected chi connectivity index (χ0v) is 7.73. The molecule has 0 aromatic rings. The van der Waals surface area contributed by atoms with E-state index in [9.17, 15) is 4.79 Å². The van der Waals surface area contributed by atoms with Crippen LogP contribution in [0.25, 0.3) is 0 Å². The molecular weight excluding hydrogens is 142 g/mol. The number of methoxy groups -OCH3 is 1. The van der Waals surface area contributed by atoms with E-state index in [0.717, 1.165) is 6.54 Å². The maximum atomic E-state index is 11.3. The molecule has 0 fully saturated rings. The van der Waals surface area contributed by atoms with Gasteiger partial charge in [-0.1, -0.05) is 6.92 Å². The fraction of sp³-hybridized carbons (Fsp3) is 0.875. The first-order chi connectivity index (χ1) is 5.04. The SMILES string of the molecule is CCNC(C)(C)C(=O)COC. The topological polar surface area (TPSA) is 38.3 Å². The normalized spacial score (nSPS) is 11.6. The van der Waals surface area contributed by atoms with Crippen molar-refractivity contribution in [1.29, 1.82) is 0 Å². The third kappa shape index (κ3) is 3.49. The highest BCUT2D eigenvalue weighted by Crippen LogP contribution is 2.02. The van der Waals surface area contributed by atoms with Crippen molar-refractivity contribution in [2.75, 3.05) is 20.3 Å². The standard InChI is InChI=1S/C8H17NO2/c1-5-9-8(2,3)7(10)6-11-4/h9H,5-6H2,1-4H3. The Bertz CT molecular complexity index is 132. The van der Waals surface area contributed by atoms with E-state index in [0.29, 0.717) is 0 Å². The summed E-state index contributed by atoms with van der Waals surface area (Å²) in [5.74, 6) is 0.0850. The van der Waals surface area contributed by atoms with Crippen molar-refractivity contribution in [1.82, 2.24) is 5.32 Å². The molecule has 66 valence electrons. The Morgan fingerprint density at radius 2 is 2.09 bits per heavy atom. The third-order valence-corrected chi connectivity index (χ3v) is 1.59. The molecule has 0 aliphatic carbocycles. The highest BCUT2D eigenvalue weighted by atomic mass is 16.5. The summed E-state index contributed by atoms with van der Waals surface area (Å²) in [7, 11) is 1.53. The third-order valence-electron chi connectivity index (χ3n) is 1.59. The molecule has 0 saturated heterocycles. The van der Waals surface area contributed by atoms with Gasteiger partial charge in [0.2, 0.25) is 0 Å². The van der Waals surface area contributed by atoms with Gasteiger partial charge in [-0.15, -0.1) is 0 Å². The first kappa shape index (κ1) is 10.6. The summed E-state index contributed by atoms with van der Waals surface area (Å²) < 4.78 is 4.75. The van der Waals surface area contributed by atoms with Gasteiger partial charge >= 0.3 is 0 Å². The van der Waals surface area contributed by atoms with Gasteiger partial charge in [0.25, 0.3) is 0 Å². The number of Topliss-reactive ketones (excluding diaryl/α,β-unsaturated/α-hetero) is 1. The number of likely N-dealkylation sites (N-methyl/N-ethyl adjacent to an activating group) is 1. The summed E-state index contributed by atoms with van der Waals surface area (Å²) in [5, 5.41) is 3.08. The van der Waals surface area contributed by atoms with Crippen LogP contribution in [0.3, 0.4) is 0 Å². The fourth-order valence-electron chi connectivity index (χ4n) is 0.852. The summed E-state index contributed by atoms with van der Waals surface area (Å²) in [5.41, 5.74) is -0.454. The zero-order chi connectivity index (χ0) is 8.91. The van der Waals surface area contributed by atoms with Crippen molar-refractivity contribution in [3.8, 4) is 0 Å². The number of carbonyl (C=O) groups is 1. The lowest BCUT2D eigenvalue weighted by Crippen LogP contribution is -2.48. The first-order valence-electron chi connectivity index (χ1n) is 3.82. The van der Waals surface area contributed by atoms with E-state index in [2.05, 4.69) is 5.32 Å². The van der Waals surface area contributed by atoms with E-state index in [1.807, 2.05) is 20.8 Å². The molecule has 11 heavy (non-hydrogen) atoms. The van der Waals surface area contributed by atoms with Gasteiger partial charge < -0.3 is 10.1 Å². The predicted molar refractivity (Wildman–Crippen MR) is 44.6 cm³/mol. The fourth-order valence-corrected chi connectivity index (χ4v) is 0.852. The van der Waals surface area contributed by atoms with E-state index in [4.69, 9.17) is 4.74 Å².